The second-order valence-corrected chi connectivity index (χ2v) is 5.08. The molecule has 4 amide bonds. The first kappa shape index (κ1) is 12.7. The molecule has 2 aliphatic rings. The summed E-state index contributed by atoms with van der Waals surface area (Å²) in [5, 5.41) is 2.26. The standard InChI is InChI=1S/C14H14N2O4/c1-20-10-4-2-3-9(7-10)8-16-12(18)14(5-6-14)11(17)15-13(16)19/h2-4,7H,5-6,8H2,1H3,(H,15,17,19). The fourth-order valence-electron chi connectivity index (χ4n) is 2.39. The van der Waals surface area contributed by atoms with Crippen molar-refractivity contribution in [2.24, 2.45) is 5.41 Å². The molecule has 1 saturated heterocycles. The van der Waals surface area contributed by atoms with Gasteiger partial charge in [-0.3, -0.25) is 19.8 Å². The van der Waals surface area contributed by atoms with Gasteiger partial charge >= 0.3 is 6.03 Å². The topological polar surface area (TPSA) is 75.7 Å². The van der Waals surface area contributed by atoms with E-state index in [0.717, 1.165) is 10.5 Å². The summed E-state index contributed by atoms with van der Waals surface area (Å²) in [4.78, 5) is 36.9. The molecule has 0 atom stereocenters. The molecule has 3 rings (SSSR count). The van der Waals surface area contributed by atoms with Crippen LogP contribution < -0.4 is 10.1 Å². The second kappa shape index (κ2) is 4.33. The monoisotopic (exact) mass is 274 g/mol. The van der Waals surface area contributed by atoms with Crippen molar-refractivity contribution in [3.05, 3.63) is 29.8 Å². The third kappa shape index (κ3) is 1.84. The summed E-state index contributed by atoms with van der Waals surface area (Å²) in [6.07, 6.45) is 1.03. The highest BCUT2D eigenvalue weighted by atomic mass is 16.5. The average Bonchev–Trinajstić information content (AvgIpc) is 3.24. The van der Waals surface area contributed by atoms with E-state index in [9.17, 15) is 14.4 Å². The Morgan fingerprint density at radius 2 is 2.05 bits per heavy atom. The van der Waals surface area contributed by atoms with Crippen molar-refractivity contribution in [2.75, 3.05) is 7.11 Å². The minimum Gasteiger partial charge on any atom is -0.497 e. The summed E-state index contributed by atoms with van der Waals surface area (Å²) >= 11 is 0. The number of rotatable bonds is 3. The number of carbonyl (C=O) groups excluding carboxylic acids is 3. The van der Waals surface area contributed by atoms with Gasteiger partial charge in [0, 0.05) is 0 Å². The maximum Gasteiger partial charge on any atom is 0.331 e. The third-order valence-electron chi connectivity index (χ3n) is 3.78. The Morgan fingerprint density at radius 3 is 2.70 bits per heavy atom. The predicted octanol–water partition coefficient (Wildman–Crippen LogP) is 1.05. The van der Waals surface area contributed by atoms with Crippen LogP contribution in [0.3, 0.4) is 0 Å². The molecule has 1 aromatic carbocycles. The van der Waals surface area contributed by atoms with E-state index in [1.165, 1.54) is 0 Å². The maximum absolute atomic E-state index is 12.3. The van der Waals surface area contributed by atoms with Gasteiger partial charge in [-0.1, -0.05) is 12.1 Å². The molecule has 1 heterocycles. The number of amides is 4. The number of imide groups is 2. The lowest BCUT2D eigenvalue weighted by Crippen LogP contribution is -2.58. The minimum atomic E-state index is -0.993. The Kier molecular flexibility index (Phi) is 2.74. The number of hydrogen-bond acceptors (Lipinski definition) is 4. The molecule has 1 N–H and O–H groups in total. The molecule has 0 unspecified atom stereocenters. The first-order chi connectivity index (χ1) is 9.56. The van der Waals surface area contributed by atoms with E-state index < -0.39 is 23.3 Å². The molecule has 1 aromatic rings. The van der Waals surface area contributed by atoms with Gasteiger partial charge in [0.1, 0.15) is 11.2 Å². The summed E-state index contributed by atoms with van der Waals surface area (Å²) in [5.41, 5.74) is -0.217. The molecule has 2 fully saturated rings. The van der Waals surface area contributed by atoms with Crippen LogP contribution in [-0.4, -0.2) is 29.9 Å². The molecule has 104 valence electrons. The van der Waals surface area contributed by atoms with Crippen LogP contribution >= 0.6 is 0 Å². The highest BCUT2D eigenvalue weighted by molar-refractivity contribution is 6.20. The van der Waals surface area contributed by atoms with E-state index in [0.29, 0.717) is 18.6 Å². The lowest BCUT2D eigenvalue weighted by molar-refractivity contribution is -0.145. The van der Waals surface area contributed by atoms with Crippen LogP contribution in [0.25, 0.3) is 0 Å². The van der Waals surface area contributed by atoms with Crippen molar-refractivity contribution in [1.29, 1.82) is 0 Å². The van der Waals surface area contributed by atoms with Crippen LogP contribution in [0.15, 0.2) is 24.3 Å². The van der Waals surface area contributed by atoms with Gasteiger partial charge in [0.15, 0.2) is 0 Å². The molecular weight excluding hydrogens is 260 g/mol. The van der Waals surface area contributed by atoms with Crippen LogP contribution in [0, 0.1) is 5.41 Å². The number of nitrogens with one attached hydrogen (secondary N) is 1. The van der Waals surface area contributed by atoms with E-state index in [1.807, 2.05) is 0 Å². The van der Waals surface area contributed by atoms with Crippen LogP contribution in [0.2, 0.25) is 0 Å². The fourth-order valence-corrected chi connectivity index (χ4v) is 2.39. The zero-order valence-electron chi connectivity index (χ0n) is 11.0. The Bertz CT molecular complexity index is 607. The largest absolute Gasteiger partial charge is 0.497 e. The van der Waals surface area contributed by atoms with Gasteiger partial charge in [-0.25, -0.2) is 4.79 Å². The van der Waals surface area contributed by atoms with E-state index in [-0.39, 0.29) is 6.54 Å². The van der Waals surface area contributed by atoms with E-state index in [2.05, 4.69) is 5.32 Å². The van der Waals surface area contributed by atoms with Gasteiger partial charge in [0.05, 0.1) is 13.7 Å². The molecule has 6 heteroatoms. The second-order valence-electron chi connectivity index (χ2n) is 5.08. The molecule has 1 saturated carbocycles. The smallest absolute Gasteiger partial charge is 0.331 e. The van der Waals surface area contributed by atoms with Gasteiger partial charge < -0.3 is 4.74 Å². The number of barbiturate groups is 1. The fraction of sp³-hybridized carbons (Fsp3) is 0.357. The Labute approximate surface area is 115 Å². The number of hydrogen-bond donors (Lipinski definition) is 1. The SMILES string of the molecule is COc1cccc(CN2C(=O)NC(=O)C3(CC3)C2=O)c1. The normalized spacial score (nSPS) is 20.1. The van der Waals surface area contributed by atoms with Gasteiger partial charge in [0.25, 0.3) is 0 Å². The van der Waals surface area contributed by atoms with E-state index in [4.69, 9.17) is 4.74 Å². The summed E-state index contributed by atoms with van der Waals surface area (Å²) < 4.78 is 5.11. The van der Waals surface area contributed by atoms with E-state index >= 15 is 0 Å². The lowest BCUT2D eigenvalue weighted by atomic mass is 10.0. The molecule has 1 aliphatic carbocycles. The van der Waals surface area contributed by atoms with Gasteiger partial charge in [-0.15, -0.1) is 0 Å². The van der Waals surface area contributed by atoms with Gasteiger partial charge in [-0.2, -0.15) is 0 Å². The highest BCUT2D eigenvalue weighted by Crippen LogP contribution is 2.49. The summed E-state index contributed by atoms with van der Waals surface area (Å²) in [5.74, 6) is -0.201. The van der Waals surface area contributed by atoms with Crippen LogP contribution in [0.4, 0.5) is 4.79 Å². The van der Waals surface area contributed by atoms with Gasteiger partial charge in [0.2, 0.25) is 11.8 Å². The van der Waals surface area contributed by atoms with Crippen molar-refractivity contribution in [1.82, 2.24) is 10.2 Å². The van der Waals surface area contributed by atoms with Crippen LogP contribution in [0.5, 0.6) is 5.75 Å². The first-order valence-electron chi connectivity index (χ1n) is 6.37. The quantitative estimate of drug-likeness (QED) is 0.836. The Morgan fingerprint density at radius 1 is 1.30 bits per heavy atom. The number of methoxy groups -OCH3 is 1. The van der Waals surface area contributed by atoms with Crippen LogP contribution in [0.1, 0.15) is 18.4 Å². The van der Waals surface area contributed by atoms with Crippen molar-refractivity contribution in [3.8, 4) is 5.75 Å². The number of carbonyl (C=O) groups is 3. The number of benzene rings is 1. The number of urea groups is 1. The lowest BCUT2D eigenvalue weighted by Gasteiger charge is -2.30. The molecular formula is C14H14N2O4. The highest BCUT2D eigenvalue weighted by Gasteiger charge is 2.62. The van der Waals surface area contributed by atoms with Crippen molar-refractivity contribution in [2.45, 2.75) is 19.4 Å². The van der Waals surface area contributed by atoms with Gasteiger partial charge in [-0.05, 0) is 30.5 Å². The molecule has 1 spiro atoms. The molecule has 0 bridgehead atoms. The predicted molar refractivity (Wildman–Crippen MR) is 68.7 cm³/mol. The van der Waals surface area contributed by atoms with Crippen molar-refractivity contribution in [3.63, 3.8) is 0 Å². The van der Waals surface area contributed by atoms with E-state index in [1.54, 1.807) is 31.4 Å². The molecule has 1 aliphatic heterocycles. The van der Waals surface area contributed by atoms with Crippen LogP contribution in [-0.2, 0) is 16.1 Å². The Balaban J connectivity index is 1.84. The first-order valence-corrected chi connectivity index (χ1v) is 6.37. The molecule has 6 nitrogen and oxygen atoms in total. The number of ether oxygens (including phenoxy) is 1. The summed E-state index contributed by atoms with van der Waals surface area (Å²) in [7, 11) is 1.55. The molecule has 0 radical (unpaired) electrons. The minimum absolute atomic E-state index is 0.136. The summed E-state index contributed by atoms with van der Waals surface area (Å²) in [6, 6.07) is 6.49. The zero-order valence-corrected chi connectivity index (χ0v) is 11.0. The zero-order chi connectivity index (χ0) is 14.3. The molecule has 0 aromatic heterocycles. The van der Waals surface area contributed by atoms with Crippen molar-refractivity contribution >= 4 is 17.8 Å². The summed E-state index contributed by atoms with van der Waals surface area (Å²) in [6.45, 7) is 0.136. The Hall–Kier alpha value is -2.37. The van der Waals surface area contributed by atoms with Crippen molar-refractivity contribution < 1.29 is 19.1 Å². The maximum atomic E-state index is 12.3. The molecule has 20 heavy (non-hydrogen) atoms. The third-order valence-corrected chi connectivity index (χ3v) is 3.78. The average molecular weight is 274 g/mol. The number of nitrogens with zero attached hydrogens (tertiary/aromatic N) is 1.